The number of amides is 1. The van der Waals surface area contributed by atoms with Crippen LogP contribution in [0.2, 0.25) is 0 Å². The van der Waals surface area contributed by atoms with Gasteiger partial charge in [0.25, 0.3) is 0 Å². The number of rotatable bonds is 5. The van der Waals surface area contributed by atoms with E-state index in [1.807, 2.05) is 42.8 Å². The van der Waals surface area contributed by atoms with Gasteiger partial charge >= 0.3 is 0 Å². The van der Waals surface area contributed by atoms with E-state index in [0.29, 0.717) is 5.75 Å². The first-order valence-corrected chi connectivity index (χ1v) is 9.53. The summed E-state index contributed by atoms with van der Waals surface area (Å²) in [6.07, 6.45) is 3.70. The number of benzene rings is 2. The molecule has 3 aromatic rings. The Morgan fingerprint density at radius 3 is 2.50 bits per heavy atom. The van der Waals surface area contributed by atoms with E-state index in [1.54, 1.807) is 6.20 Å². The summed E-state index contributed by atoms with van der Waals surface area (Å²) in [4.78, 5) is 16.8. The highest BCUT2D eigenvalue weighted by Crippen LogP contribution is 2.23. The molecule has 0 unspecified atom stereocenters. The molecule has 1 N–H and O–H groups in total. The first kappa shape index (κ1) is 18.3. The number of aryl methyl sites for hydroxylation is 4. The van der Waals surface area contributed by atoms with E-state index in [2.05, 4.69) is 42.3 Å². The topological polar surface area (TPSA) is 46.9 Å². The molecule has 26 heavy (non-hydrogen) atoms. The van der Waals surface area contributed by atoms with Gasteiger partial charge in [-0.2, -0.15) is 0 Å². The molecule has 0 fully saturated rings. The van der Waals surface area contributed by atoms with Crippen molar-refractivity contribution >= 4 is 23.4 Å². The second-order valence-electron chi connectivity index (χ2n) is 6.58. The Labute approximate surface area is 158 Å². The Morgan fingerprint density at radius 1 is 1.04 bits per heavy atom. The Hall–Kier alpha value is -2.53. The number of nitrogens with zero attached hydrogens (tertiary/aromatic N) is 2. The molecule has 0 spiro atoms. The number of thioether (sulfide) groups is 1. The van der Waals surface area contributed by atoms with Crippen molar-refractivity contribution in [2.75, 3.05) is 11.1 Å². The summed E-state index contributed by atoms with van der Waals surface area (Å²) in [6.45, 7) is 8.18. The molecule has 0 radical (unpaired) electrons. The van der Waals surface area contributed by atoms with E-state index in [0.717, 1.165) is 27.7 Å². The van der Waals surface area contributed by atoms with Crippen LogP contribution in [0.5, 0.6) is 0 Å². The molecule has 0 aliphatic carbocycles. The Kier molecular flexibility index (Phi) is 5.47. The lowest BCUT2D eigenvalue weighted by Crippen LogP contribution is -2.15. The van der Waals surface area contributed by atoms with E-state index >= 15 is 0 Å². The van der Waals surface area contributed by atoms with Crippen LogP contribution in [-0.4, -0.2) is 21.2 Å². The second kappa shape index (κ2) is 7.79. The summed E-state index contributed by atoms with van der Waals surface area (Å²) in [5.41, 5.74) is 6.54. The molecule has 0 aliphatic heterocycles. The number of carbonyl (C=O) groups is 1. The minimum Gasteiger partial charge on any atom is -0.325 e. The van der Waals surface area contributed by atoms with Crippen molar-refractivity contribution in [3.8, 4) is 5.69 Å². The lowest BCUT2D eigenvalue weighted by Gasteiger charge is -2.11. The fourth-order valence-electron chi connectivity index (χ4n) is 2.87. The van der Waals surface area contributed by atoms with Gasteiger partial charge in [0.1, 0.15) is 0 Å². The fourth-order valence-corrected chi connectivity index (χ4v) is 3.64. The highest BCUT2D eigenvalue weighted by atomic mass is 32.2. The molecule has 1 aromatic heterocycles. The largest absolute Gasteiger partial charge is 0.325 e. The zero-order valence-electron chi connectivity index (χ0n) is 15.5. The van der Waals surface area contributed by atoms with Crippen LogP contribution in [0.25, 0.3) is 5.69 Å². The third-order valence-corrected chi connectivity index (χ3v) is 5.06. The summed E-state index contributed by atoms with van der Waals surface area (Å²) < 4.78 is 2.02. The zero-order valence-corrected chi connectivity index (χ0v) is 16.4. The monoisotopic (exact) mass is 365 g/mol. The molecule has 4 nitrogen and oxygen atoms in total. The van der Waals surface area contributed by atoms with Gasteiger partial charge in [0, 0.05) is 23.8 Å². The average Bonchev–Trinajstić information content (AvgIpc) is 3.04. The number of hydrogen-bond donors (Lipinski definition) is 1. The van der Waals surface area contributed by atoms with Gasteiger partial charge in [-0.05, 0) is 68.1 Å². The highest BCUT2D eigenvalue weighted by molar-refractivity contribution is 7.99. The van der Waals surface area contributed by atoms with Gasteiger partial charge in [-0.15, -0.1) is 0 Å². The van der Waals surface area contributed by atoms with Crippen LogP contribution in [0.1, 0.15) is 22.3 Å². The van der Waals surface area contributed by atoms with Crippen LogP contribution in [-0.2, 0) is 4.79 Å². The first-order chi connectivity index (χ1) is 12.4. The molecule has 0 bridgehead atoms. The van der Waals surface area contributed by atoms with Crippen LogP contribution in [0.15, 0.2) is 53.9 Å². The molecule has 3 rings (SSSR count). The molecule has 0 saturated carbocycles. The maximum absolute atomic E-state index is 12.4. The number of nitrogens with one attached hydrogen (secondary N) is 1. The number of carbonyl (C=O) groups excluding carboxylic acids is 1. The van der Waals surface area contributed by atoms with Crippen molar-refractivity contribution in [3.05, 3.63) is 71.0 Å². The number of hydrogen-bond acceptors (Lipinski definition) is 3. The van der Waals surface area contributed by atoms with Crippen molar-refractivity contribution in [3.63, 3.8) is 0 Å². The molecule has 2 aromatic carbocycles. The van der Waals surface area contributed by atoms with Crippen LogP contribution in [0, 0.1) is 27.7 Å². The van der Waals surface area contributed by atoms with Gasteiger partial charge in [0.2, 0.25) is 5.91 Å². The van der Waals surface area contributed by atoms with E-state index in [1.165, 1.54) is 22.9 Å². The minimum atomic E-state index is -0.0290. The molecule has 134 valence electrons. The maximum Gasteiger partial charge on any atom is 0.234 e. The van der Waals surface area contributed by atoms with Gasteiger partial charge in [0.15, 0.2) is 5.16 Å². The van der Waals surface area contributed by atoms with Crippen LogP contribution in [0.4, 0.5) is 5.69 Å². The fraction of sp³-hybridized carbons (Fsp3) is 0.238. The predicted octanol–water partition coefficient (Wildman–Crippen LogP) is 4.84. The SMILES string of the molecule is Cc1cc(C)cc(-n2ccnc2SCC(=O)Nc2cc(C)ccc2C)c1. The van der Waals surface area contributed by atoms with E-state index in [9.17, 15) is 4.79 Å². The molecule has 5 heteroatoms. The summed E-state index contributed by atoms with van der Waals surface area (Å²) in [5, 5.41) is 3.81. The van der Waals surface area contributed by atoms with Gasteiger partial charge in [-0.3, -0.25) is 9.36 Å². The van der Waals surface area contributed by atoms with Gasteiger partial charge in [-0.25, -0.2) is 4.98 Å². The molecule has 0 atom stereocenters. The summed E-state index contributed by atoms with van der Waals surface area (Å²) in [7, 11) is 0. The molecular formula is C21H23N3OS. The van der Waals surface area contributed by atoms with E-state index in [-0.39, 0.29) is 5.91 Å². The van der Waals surface area contributed by atoms with E-state index in [4.69, 9.17) is 0 Å². The molecule has 0 saturated heterocycles. The minimum absolute atomic E-state index is 0.0290. The molecule has 1 amide bonds. The zero-order chi connectivity index (χ0) is 18.7. The highest BCUT2D eigenvalue weighted by Gasteiger charge is 2.11. The Morgan fingerprint density at radius 2 is 1.77 bits per heavy atom. The lowest BCUT2D eigenvalue weighted by molar-refractivity contribution is -0.113. The molecule has 0 aliphatic rings. The quantitative estimate of drug-likeness (QED) is 0.658. The summed E-state index contributed by atoms with van der Waals surface area (Å²) in [6, 6.07) is 12.4. The third kappa shape index (κ3) is 4.35. The predicted molar refractivity (Wildman–Crippen MR) is 108 cm³/mol. The van der Waals surface area contributed by atoms with Crippen LogP contribution < -0.4 is 5.32 Å². The van der Waals surface area contributed by atoms with Crippen LogP contribution in [0.3, 0.4) is 0 Å². The summed E-state index contributed by atoms with van der Waals surface area (Å²) in [5.74, 6) is 0.286. The normalized spacial score (nSPS) is 10.8. The maximum atomic E-state index is 12.4. The van der Waals surface area contributed by atoms with Crippen molar-refractivity contribution in [1.29, 1.82) is 0 Å². The molecule has 1 heterocycles. The van der Waals surface area contributed by atoms with Crippen molar-refractivity contribution in [2.24, 2.45) is 0 Å². The summed E-state index contributed by atoms with van der Waals surface area (Å²) >= 11 is 1.44. The van der Waals surface area contributed by atoms with Crippen molar-refractivity contribution in [1.82, 2.24) is 9.55 Å². The van der Waals surface area contributed by atoms with Crippen molar-refractivity contribution < 1.29 is 4.79 Å². The van der Waals surface area contributed by atoms with Gasteiger partial charge < -0.3 is 5.32 Å². The standard InChI is InChI=1S/C21H23N3OS/c1-14-5-6-17(4)19(12-14)23-20(25)13-26-21-22-7-8-24(21)18-10-15(2)9-16(3)11-18/h5-12H,13H2,1-4H3,(H,23,25). The lowest BCUT2D eigenvalue weighted by atomic mass is 10.1. The van der Waals surface area contributed by atoms with Gasteiger partial charge in [0.05, 0.1) is 5.75 Å². The van der Waals surface area contributed by atoms with Crippen LogP contribution >= 0.6 is 11.8 Å². The van der Waals surface area contributed by atoms with E-state index < -0.39 is 0 Å². The number of aromatic nitrogens is 2. The smallest absolute Gasteiger partial charge is 0.234 e. The molecular weight excluding hydrogens is 342 g/mol. The second-order valence-corrected chi connectivity index (χ2v) is 7.52. The Bertz CT molecular complexity index is 926. The number of imidazole rings is 1. The Balaban J connectivity index is 1.70. The third-order valence-electron chi connectivity index (χ3n) is 4.09. The van der Waals surface area contributed by atoms with Crippen molar-refractivity contribution in [2.45, 2.75) is 32.9 Å². The first-order valence-electron chi connectivity index (χ1n) is 8.54. The van der Waals surface area contributed by atoms with Gasteiger partial charge in [-0.1, -0.05) is 30.0 Å². The average molecular weight is 366 g/mol. The number of anilines is 1.